The molecule has 314 valence electrons. The summed E-state index contributed by atoms with van der Waals surface area (Å²) in [5.74, 6) is -2.78. The third-order valence-corrected chi connectivity index (χ3v) is 15.7. The van der Waals surface area contributed by atoms with E-state index in [1.807, 2.05) is 6.07 Å². The third-order valence-electron chi connectivity index (χ3n) is 15.7. The van der Waals surface area contributed by atoms with Crippen molar-refractivity contribution in [3.63, 3.8) is 0 Å². The average Bonchev–Trinajstić information content (AvgIpc) is 3.59. The van der Waals surface area contributed by atoms with Crippen LogP contribution in [-0.4, -0.2) is 123 Å². The Morgan fingerprint density at radius 2 is 1.52 bits per heavy atom. The van der Waals surface area contributed by atoms with Gasteiger partial charge in [0.15, 0.2) is 5.60 Å². The van der Waals surface area contributed by atoms with E-state index in [2.05, 4.69) is 18.9 Å². The number of rotatable bonds is 20. The smallest absolute Gasteiger partial charge is 0.338 e. The number of unbranched alkanes of at least 4 members (excludes halogenated alkanes) is 10. The monoisotopic (exact) mass is 783 g/mol. The van der Waals surface area contributed by atoms with Crippen LogP contribution in [0.5, 0.6) is 0 Å². The van der Waals surface area contributed by atoms with E-state index in [-0.39, 0.29) is 42.2 Å². The highest BCUT2D eigenvalue weighted by atomic mass is 16.6. The van der Waals surface area contributed by atoms with Crippen molar-refractivity contribution in [1.29, 1.82) is 0 Å². The van der Waals surface area contributed by atoms with Crippen LogP contribution >= 0.6 is 0 Å². The molecular formula is C45H69NO10. The highest BCUT2D eigenvalue weighted by Gasteiger charge is 2.91. The molecule has 14 atom stereocenters. The number of methoxy groups -OCH3 is 4. The molecule has 1 aromatic carbocycles. The molecule has 5 aliphatic carbocycles. The number of hydrogen-bond donors (Lipinski definition) is 2. The first-order valence-electron chi connectivity index (χ1n) is 21.7. The van der Waals surface area contributed by atoms with Gasteiger partial charge in [-0.2, -0.15) is 0 Å². The van der Waals surface area contributed by atoms with E-state index in [0.29, 0.717) is 18.6 Å². The number of hydrogen-bond acceptors (Lipinski definition) is 11. The Kier molecular flexibility index (Phi) is 12.7. The summed E-state index contributed by atoms with van der Waals surface area (Å²) in [6, 6.07) is 8.52. The van der Waals surface area contributed by atoms with Crippen LogP contribution in [0.3, 0.4) is 0 Å². The summed E-state index contributed by atoms with van der Waals surface area (Å²) in [5, 5.41) is 25.9. The first kappa shape index (κ1) is 42.0. The molecule has 6 aliphatic rings. The topological polar surface area (TPSA) is 133 Å². The van der Waals surface area contributed by atoms with Crippen LogP contribution in [0.4, 0.5) is 0 Å². The Morgan fingerprint density at radius 1 is 0.857 bits per heavy atom. The summed E-state index contributed by atoms with van der Waals surface area (Å²) in [5.41, 5.74) is -3.96. The molecule has 1 aliphatic heterocycles. The molecule has 11 heteroatoms. The third kappa shape index (κ3) is 6.31. The molecule has 0 aromatic heterocycles. The molecule has 0 radical (unpaired) electrons. The number of fused-ring (bicyclic) bond motifs is 2. The van der Waals surface area contributed by atoms with Gasteiger partial charge in [0.2, 0.25) is 0 Å². The molecule has 5 saturated carbocycles. The predicted molar refractivity (Wildman–Crippen MR) is 210 cm³/mol. The standard InChI is InChI=1S/C45H69NO10/c1-7-8-9-10-11-12-13-14-15-16-20-23-32(47)56-45-33-30(26-43(50,40(54-6)38(45)48)39(33)55-41(49)29-21-18-17-19-22-29)44-31(52-4)24-25-42(28-51-3)27-46(2)37(44)34(45)35(53-5)36(42)44/h17-19,21-22,30-31,33-40,48,50H,7-16,20,23-28H2,1-6H3/t30-,31+,33-,34+,35+,36-,37?,38+,39-,40+,42+,43-,44+,45-/m1/s1. The van der Waals surface area contributed by atoms with Crippen molar-refractivity contribution in [2.45, 2.75) is 151 Å². The highest BCUT2D eigenvalue weighted by molar-refractivity contribution is 5.89. The molecule has 6 fully saturated rings. The molecule has 11 nitrogen and oxygen atoms in total. The average molecular weight is 784 g/mol. The van der Waals surface area contributed by atoms with Crippen LogP contribution < -0.4 is 0 Å². The van der Waals surface area contributed by atoms with Gasteiger partial charge < -0.3 is 43.5 Å². The lowest BCUT2D eigenvalue weighted by molar-refractivity contribution is -0.317. The van der Waals surface area contributed by atoms with E-state index < -0.39 is 64.8 Å². The predicted octanol–water partition coefficient (Wildman–Crippen LogP) is 5.97. The number of likely N-dealkylation sites (tertiary alicyclic amines) is 1. The van der Waals surface area contributed by atoms with E-state index >= 15 is 0 Å². The number of carbonyl (C=O) groups is 2. The lowest BCUT2D eigenvalue weighted by atomic mass is 9.43. The number of ether oxygens (including phenoxy) is 6. The van der Waals surface area contributed by atoms with Gasteiger partial charge in [-0.25, -0.2) is 4.79 Å². The number of carbonyl (C=O) groups excluding carboxylic acids is 2. The Hall–Kier alpha value is -2.12. The van der Waals surface area contributed by atoms with Crippen LogP contribution in [0.15, 0.2) is 30.3 Å². The molecule has 56 heavy (non-hydrogen) atoms. The second-order valence-corrected chi connectivity index (χ2v) is 18.4. The second-order valence-electron chi connectivity index (χ2n) is 18.4. The summed E-state index contributed by atoms with van der Waals surface area (Å²) in [4.78, 5) is 30.8. The fourth-order valence-electron chi connectivity index (χ4n) is 14.2. The fourth-order valence-corrected chi connectivity index (χ4v) is 14.2. The summed E-state index contributed by atoms with van der Waals surface area (Å²) >= 11 is 0. The Morgan fingerprint density at radius 3 is 2.12 bits per heavy atom. The van der Waals surface area contributed by atoms with E-state index in [1.165, 1.54) is 52.1 Å². The first-order chi connectivity index (χ1) is 27.1. The maximum absolute atomic E-state index is 14.4. The number of esters is 2. The Bertz CT molecular complexity index is 1510. The van der Waals surface area contributed by atoms with Crippen LogP contribution in [-0.2, 0) is 33.2 Å². The number of nitrogens with zero attached hydrogens (tertiary/aromatic N) is 1. The van der Waals surface area contributed by atoms with Gasteiger partial charge in [-0.15, -0.1) is 0 Å². The largest absolute Gasteiger partial charge is 0.455 e. The number of aliphatic hydroxyl groups is 2. The van der Waals surface area contributed by atoms with Crippen molar-refractivity contribution in [3.8, 4) is 0 Å². The van der Waals surface area contributed by atoms with E-state index in [4.69, 9.17) is 28.4 Å². The van der Waals surface area contributed by atoms with Gasteiger partial charge in [-0.05, 0) is 50.8 Å². The Labute approximate surface area is 334 Å². The summed E-state index contributed by atoms with van der Waals surface area (Å²) < 4.78 is 38.7. The minimum absolute atomic E-state index is 0.108. The lowest BCUT2D eigenvalue weighted by Gasteiger charge is -2.69. The molecule has 1 unspecified atom stereocenters. The first-order valence-corrected chi connectivity index (χ1v) is 21.7. The zero-order chi connectivity index (χ0) is 39.9. The molecule has 1 spiro atoms. The van der Waals surface area contributed by atoms with Gasteiger partial charge in [0, 0.05) is 76.0 Å². The number of piperidine rings is 1. The zero-order valence-electron chi connectivity index (χ0n) is 34.8. The van der Waals surface area contributed by atoms with Crippen molar-refractivity contribution in [1.82, 2.24) is 4.90 Å². The molecule has 2 N–H and O–H groups in total. The highest BCUT2D eigenvalue weighted by Crippen LogP contribution is 2.80. The van der Waals surface area contributed by atoms with Crippen LogP contribution in [0.2, 0.25) is 0 Å². The molecular weight excluding hydrogens is 714 g/mol. The van der Waals surface area contributed by atoms with Gasteiger partial charge in [0.05, 0.1) is 24.4 Å². The van der Waals surface area contributed by atoms with Gasteiger partial charge >= 0.3 is 11.9 Å². The minimum atomic E-state index is -1.77. The van der Waals surface area contributed by atoms with Gasteiger partial charge in [-0.3, -0.25) is 4.79 Å². The van der Waals surface area contributed by atoms with Gasteiger partial charge in [-0.1, -0.05) is 89.3 Å². The molecule has 7 bridgehead atoms. The lowest BCUT2D eigenvalue weighted by Crippen LogP contribution is -2.80. The zero-order valence-corrected chi connectivity index (χ0v) is 34.8. The van der Waals surface area contributed by atoms with Crippen molar-refractivity contribution < 1.29 is 48.2 Å². The Balaban J connectivity index is 1.26. The van der Waals surface area contributed by atoms with Crippen molar-refractivity contribution in [2.24, 2.45) is 34.5 Å². The normalized spacial score (nSPS) is 41.8. The summed E-state index contributed by atoms with van der Waals surface area (Å²) in [6.07, 6.45) is 10.3. The van der Waals surface area contributed by atoms with Crippen molar-refractivity contribution >= 4 is 11.9 Å². The summed E-state index contributed by atoms with van der Waals surface area (Å²) in [6.45, 7) is 3.49. The van der Waals surface area contributed by atoms with Crippen LogP contribution in [0.25, 0.3) is 0 Å². The molecule has 7 rings (SSSR count). The van der Waals surface area contributed by atoms with E-state index in [9.17, 15) is 19.8 Å². The maximum Gasteiger partial charge on any atom is 0.338 e. The summed E-state index contributed by atoms with van der Waals surface area (Å²) in [7, 11) is 8.80. The molecule has 0 amide bonds. The second kappa shape index (κ2) is 16.9. The van der Waals surface area contributed by atoms with Crippen LogP contribution in [0.1, 0.15) is 114 Å². The fraction of sp³-hybridized carbons (Fsp3) is 0.822. The number of benzene rings is 1. The van der Waals surface area contributed by atoms with E-state index in [1.54, 1.807) is 45.6 Å². The van der Waals surface area contributed by atoms with Crippen LogP contribution in [0, 0.1) is 34.5 Å². The maximum atomic E-state index is 14.4. The minimum Gasteiger partial charge on any atom is -0.455 e. The SMILES string of the molecule is CCCCCCCCCCCCCC(=O)O[C@]12[C@H]3[C@@H](OC(=O)c4ccccc4)[C@](O)(C[C@H]3[C@@]34C5[C@@H]1[C@H](OC)[C@@H]3[C@@](COC)(CC[C@@H]4OC)CN5C)[C@@H](OC)[C@@H]2O. The molecule has 1 heterocycles. The van der Waals surface area contributed by atoms with E-state index in [0.717, 1.165) is 38.6 Å². The van der Waals surface area contributed by atoms with Gasteiger partial charge in [0.1, 0.15) is 23.9 Å². The quantitative estimate of drug-likeness (QED) is 0.120. The molecule has 1 saturated heterocycles. The molecule has 1 aromatic rings. The van der Waals surface area contributed by atoms with Crippen molar-refractivity contribution in [2.75, 3.05) is 48.6 Å². The van der Waals surface area contributed by atoms with Crippen molar-refractivity contribution in [3.05, 3.63) is 35.9 Å². The number of aliphatic hydroxyl groups excluding tert-OH is 1. The van der Waals surface area contributed by atoms with Gasteiger partial charge in [0.25, 0.3) is 0 Å².